The summed E-state index contributed by atoms with van der Waals surface area (Å²) in [5, 5.41) is 0. The van der Waals surface area contributed by atoms with Crippen LogP contribution in [0.2, 0.25) is 0 Å². The number of benzene rings is 1. The van der Waals surface area contributed by atoms with E-state index in [1.807, 2.05) is 30.9 Å². The number of ether oxygens (including phenoxy) is 1. The quantitative estimate of drug-likeness (QED) is 0.485. The van der Waals surface area contributed by atoms with Crippen LogP contribution in [0.5, 0.6) is 0 Å². The Bertz CT molecular complexity index is 846. The molecule has 162 valence electrons. The van der Waals surface area contributed by atoms with Crippen LogP contribution >= 0.6 is 0 Å². The van der Waals surface area contributed by atoms with E-state index in [1.165, 1.54) is 6.07 Å². The fourth-order valence-electron chi connectivity index (χ4n) is 4.50. The van der Waals surface area contributed by atoms with Crippen molar-refractivity contribution in [1.29, 1.82) is 0 Å². The molecular weight excluding hydrogens is 379 g/mol. The molecule has 0 radical (unpaired) electrons. The molecule has 2 fully saturated rings. The molecule has 0 saturated carbocycles. The molecule has 2 aliphatic heterocycles. The van der Waals surface area contributed by atoms with E-state index in [2.05, 4.69) is 17.6 Å². The first-order valence-corrected chi connectivity index (χ1v) is 10.8. The largest absolute Gasteiger partial charge is 0.501 e. The summed E-state index contributed by atoms with van der Waals surface area (Å²) in [6.45, 7) is 11.1. The van der Waals surface area contributed by atoms with Gasteiger partial charge in [-0.05, 0) is 68.0 Å². The predicted molar refractivity (Wildman–Crippen MR) is 119 cm³/mol. The Hall–Kier alpha value is -2.40. The first-order valence-electron chi connectivity index (χ1n) is 10.8. The predicted octanol–water partition coefficient (Wildman–Crippen LogP) is 4.59. The maximum absolute atomic E-state index is 14.3. The smallest absolute Gasteiger partial charge is 0.256 e. The van der Waals surface area contributed by atoms with Crippen molar-refractivity contribution in [2.24, 2.45) is 5.92 Å². The van der Waals surface area contributed by atoms with Crippen LogP contribution in [0, 0.1) is 11.7 Å². The molecule has 2 atom stereocenters. The van der Waals surface area contributed by atoms with Crippen LogP contribution in [0.4, 0.5) is 4.39 Å². The van der Waals surface area contributed by atoms with Gasteiger partial charge in [0.2, 0.25) is 0 Å². The van der Waals surface area contributed by atoms with Gasteiger partial charge in [0.25, 0.3) is 5.91 Å². The number of methoxy groups -OCH3 is 1. The second-order valence-electron chi connectivity index (χ2n) is 8.22. The van der Waals surface area contributed by atoms with Crippen molar-refractivity contribution in [1.82, 2.24) is 9.80 Å². The average Bonchev–Trinajstić information content (AvgIpc) is 3.18. The number of rotatable bonds is 7. The molecule has 1 aromatic carbocycles. The average molecular weight is 413 g/mol. The molecule has 2 heterocycles. The lowest BCUT2D eigenvalue weighted by molar-refractivity contribution is 0.0601. The summed E-state index contributed by atoms with van der Waals surface area (Å²) in [6, 6.07) is 5.33. The summed E-state index contributed by atoms with van der Waals surface area (Å²) in [5.41, 5.74) is 2.35. The molecule has 1 amide bonds. The Kier molecular flexibility index (Phi) is 7.48. The number of hydrogen-bond acceptors (Lipinski definition) is 3. The minimum absolute atomic E-state index is 0.174. The standard InChI is InChI=1S/C25H33FN2O2/c1-5-19-9-10-23(26)22(15-19)25(29)28-14-12-24-21(17-28)11-13-27(24)16-20(6-2)8-7-18(3)30-4/h6-10,15,21,24H,2,5,11-14,16-17H2,1,3-4H3/b18-7+,20-8+. The Balaban J connectivity index is 1.65. The summed E-state index contributed by atoms with van der Waals surface area (Å²) in [5.74, 6) is 0.696. The van der Waals surface area contributed by atoms with Crippen LogP contribution in [-0.2, 0) is 11.2 Å². The number of piperidine rings is 1. The molecule has 3 rings (SSSR count). The van der Waals surface area contributed by atoms with Crippen molar-refractivity contribution in [2.45, 2.75) is 39.2 Å². The summed E-state index contributed by atoms with van der Waals surface area (Å²) in [7, 11) is 1.66. The van der Waals surface area contributed by atoms with Crippen LogP contribution in [0.3, 0.4) is 0 Å². The number of fused-ring (bicyclic) bond motifs is 1. The van der Waals surface area contributed by atoms with Crippen LogP contribution in [0.25, 0.3) is 0 Å². The van der Waals surface area contributed by atoms with Crippen LogP contribution in [-0.4, -0.2) is 55.0 Å². The number of allylic oxidation sites excluding steroid dienone is 3. The van der Waals surface area contributed by atoms with Crippen LogP contribution in [0.1, 0.15) is 42.6 Å². The first kappa shape index (κ1) is 22.3. The molecule has 0 aromatic heterocycles. The maximum Gasteiger partial charge on any atom is 0.256 e. The Morgan fingerprint density at radius 1 is 1.30 bits per heavy atom. The van der Waals surface area contributed by atoms with Gasteiger partial charge in [0.05, 0.1) is 18.4 Å². The van der Waals surface area contributed by atoms with Gasteiger partial charge < -0.3 is 9.64 Å². The zero-order valence-corrected chi connectivity index (χ0v) is 18.4. The highest BCUT2D eigenvalue weighted by atomic mass is 19.1. The third-order valence-electron chi connectivity index (χ3n) is 6.41. The van der Waals surface area contributed by atoms with E-state index >= 15 is 0 Å². The molecule has 1 aromatic rings. The highest BCUT2D eigenvalue weighted by molar-refractivity contribution is 5.94. The number of carbonyl (C=O) groups excluding carboxylic acids is 1. The summed E-state index contributed by atoms with van der Waals surface area (Å²) < 4.78 is 19.5. The Morgan fingerprint density at radius 2 is 2.10 bits per heavy atom. The van der Waals surface area contributed by atoms with E-state index in [1.54, 1.807) is 19.2 Å². The monoisotopic (exact) mass is 412 g/mol. The van der Waals surface area contributed by atoms with Gasteiger partial charge in [-0.3, -0.25) is 9.69 Å². The van der Waals surface area contributed by atoms with E-state index in [4.69, 9.17) is 4.74 Å². The topological polar surface area (TPSA) is 32.8 Å². The summed E-state index contributed by atoms with van der Waals surface area (Å²) >= 11 is 0. The lowest BCUT2D eigenvalue weighted by Crippen LogP contribution is -2.48. The van der Waals surface area contributed by atoms with Gasteiger partial charge in [0.15, 0.2) is 0 Å². The van der Waals surface area contributed by atoms with Crippen LogP contribution < -0.4 is 0 Å². The lowest BCUT2D eigenvalue weighted by Gasteiger charge is -2.38. The third kappa shape index (κ3) is 5.01. The van der Waals surface area contributed by atoms with Crippen molar-refractivity contribution in [3.05, 3.63) is 71.3 Å². The van der Waals surface area contributed by atoms with E-state index in [0.29, 0.717) is 25.0 Å². The summed E-state index contributed by atoms with van der Waals surface area (Å²) in [6.07, 6.45) is 8.69. The molecule has 0 spiro atoms. The molecule has 30 heavy (non-hydrogen) atoms. The van der Waals surface area contributed by atoms with Gasteiger partial charge in [-0.15, -0.1) is 0 Å². The van der Waals surface area contributed by atoms with Gasteiger partial charge in [-0.1, -0.05) is 31.7 Å². The molecule has 2 aliphatic rings. The number of hydrogen-bond donors (Lipinski definition) is 0. The van der Waals surface area contributed by atoms with Crippen molar-refractivity contribution in [3.63, 3.8) is 0 Å². The number of halogens is 1. The van der Waals surface area contributed by atoms with Gasteiger partial charge in [0.1, 0.15) is 5.82 Å². The number of nitrogens with zero attached hydrogens (tertiary/aromatic N) is 2. The highest BCUT2D eigenvalue weighted by Crippen LogP contribution is 2.33. The highest BCUT2D eigenvalue weighted by Gasteiger charge is 2.39. The molecule has 0 aliphatic carbocycles. The van der Waals surface area contributed by atoms with E-state index in [9.17, 15) is 9.18 Å². The van der Waals surface area contributed by atoms with E-state index in [-0.39, 0.29) is 11.5 Å². The summed E-state index contributed by atoms with van der Waals surface area (Å²) in [4.78, 5) is 17.3. The maximum atomic E-state index is 14.3. The van der Waals surface area contributed by atoms with Crippen molar-refractivity contribution < 1.29 is 13.9 Å². The SMILES string of the molecule is C=C/C(=C\C=C(/C)OC)CN1CCC2CN(C(=O)c3cc(CC)ccc3F)CCC21. The lowest BCUT2D eigenvalue weighted by atomic mass is 9.92. The molecular formula is C25H33FN2O2. The van der Waals surface area contributed by atoms with Gasteiger partial charge in [-0.25, -0.2) is 4.39 Å². The molecule has 4 nitrogen and oxygen atoms in total. The van der Waals surface area contributed by atoms with Crippen molar-refractivity contribution >= 4 is 5.91 Å². The third-order valence-corrected chi connectivity index (χ3v) is 6.41. The molecule has 0 N–H and O–H groups in total. The number of aryl methyl sites for hydroxylation is 1. The van der Waals surface area contributed by atoms with Gasteiger partial charge in [-0.2, -0.15) is 0 Å². The number of likely N-dealkylation sites (tertiary alicyclic amines) is 2. The van der Waals surface area contributed by atoms with Gasteiger partial charge in [0, 0.05) is 25.7 Å². The fourth-order valence-corrected chi connectivity index (χ4v) is 4.50. The molecule has 0 bridgehead atoms. The molecule has 5 heteroatoms. The number of carbonyl (C=O) groups is 1. The minimum Gasteiger partial charge on any atom is -0.501 e. The fraction of sp³-hybridized carbons (Fsp3) is 0.480. The molecule has 2 saturated heterocycles. The minimum atomic E-state index is -0.424. The van der Waals surface area contributed by atoms with Crippen molar-refractivity contribution in [3.8, 4) is 0 Å². The first-order chi connectivity index (χ1) is 14.5. The number of amides is 1. The Morgan fingerprint density at radius 3 is 2.80 bits per heavy atom. The normalized spacial score (nSPS) is 22.7. The van der Waals surface area contributed by atoms with E-state index < -0.39 is 5.82 Å². The second kappa shape index (κ2) is 10.1. The zero-order valence-electron chi connectivity index (χ0n) is 18.4. The Labute approximate surface area is 179 Å². The van der Waals surface area contributed by atoms with Crippen LogP contribution in [0.15, 0.2) is 54.3 Å². The van der Waals surface area contributed by atoms with Crippen molar-refractivity contribution in [2.75, 3.05) is 33.3 Å². The second-order valence-corrected chi connectivity index (χ2v) is 8.22. The van der Waals surface area contributed by atoms with E-state index in [0.717, 1.165) is 49.2 Å². The van der Waals surface area contributed by atoms with Gasteiger partial charge >= 0.3 is 0 Å². The molecule has 2 unspecified atom stereocenters. The zero-order chi connectivity index (χ0) is 21.7.